The Morgan fingerprint density at radius 2 is 1.91 bits per heavy atom. The number of aliphatic hydroxyl groups excluding tert-OH is 3. The van der Waals surface area contributed by atoms with Gasteiger partial charge in [-0.25, -0.2) is 4.79 Å². The number of carbonyl (C=O) groups excluding carboxylic acids is 2. The van der Waals surface area contributed by atoms with E-state index in [0.29, 0.717) is 5.56 Å². The van der Waals surface area contributed by atoms with E-state index in [4.69, 9.17) is 14.6 Å². The molecule has 8 nitrogen and oxygen atoms in total. The van der Waals surface area contributed by atoms with E-state index in [0.717, 1.165) is 0 Å². The molecule has 2 aliphatic heterocycles. The van der Waals surface area contributed by atoms with E-state index in [1.165, 1.54) is 24.3 Å². The van der Waals surface area contributed by atoms with E-state index in [2.05, 4.69) is 0 Å². The van der Waals surface area contributed by atoms with E-state index >= 15 is 0 Å². The van der Waals surface area contributed by atoms with Crippen molar-refractivity contribution in [2.75, 3.05) is 6.61 Å². The molecule has 2 saturated heterocycles. The van der Waals surface area contributed by atoms with Crippen molar-refractivity contribution in [1.29, 1.82) is 0 Å². The van der Waals surface area contributed by atoms with Crippen LogP contribution in [0, 0.1) is 0 Å². The highest BCUT2D eigenvalue weighted by atomic mass is 16.6. The van der Waals surface area contributed by atoms with Gasteiger partial charge in [0.05, 0.1) is 13.0 Å². The minimum Gasteiger partial charge on any atom is -0.508 e. The van der Waals surface area contributed by atoms with Gasteiger partial charge in [-0.2, -0.15) is 0 Å². The van der Waals surface area contributed by atoms with Crippen molar-refractivity contribution in [1.82, 2.24) is 0 Å². The minimum atomic E-state index is -1.96. The van der Waals surface area contributed by atoms with Crippen LogP contribution in [0.4, 0.5) is 0 Å². The van der Waals surface area contributed by atoms with Crippen LogP contribution in [-0.4, -0.2) is 62.9 Å². The molecular formula is C15H16O8. The Kier molecular flexibility index (Phi) is 3.75. The molecule has 1 spiro atoms. The second-order valence-electron chi connectivity index (χ2n) is 5.68. The molecule has 2 aliphatic rings. The lowest BCUT2D eigenvalue weighted by Gasteiger charge is -2.29. The van der Waals surface area contributed by atoms with Crippen LogP contribution in [0.1, 0.15) is 17.9 Å². The summed E-state index contributed by atoms with van der Waals surface area (Å²) < 4.78 is 10.1. The SMILES string of the molecule is O=C1C[C@@H](c2ccc(O)cc2)C2(O1)C(=O)O[C@H]([C@@H](O)CO)[C@H]2O. The third-order valence-corrected chi connectivity index (χ3v) is 4.35. The number of phenolic OH excluding ortho intramolecular Hbond substituents is 1. The number of aromatic hydroxyl groups is 1. The molecule has 23 heavy (non-hydrogen) atoms. The maximum Gasteiger partial charge on any atom is 0.354 e. The molecule has 5 atom stereocenters. The molecule has 0 saturated carbocycles. The van der Waals surface area contributed by atoms with E-state index < -0.39 is 48.4 Å². The molecular weight excluding hydrogens is 308 g/mol. The molecule has 0 radical (unpaired) electrons. The van der Waals surface area contributed by atoms with Gasteiger partial charge in [0.1, 0.15) is 18.0 Å². The van der Waals surface area contributed by atoms with E-state index in [9.17, 15) is 24.9 Å². The topological polar surface area (TPSA) is 134 Å². The van der Waals surface area contributed by atoms with Crippen molar-refractivity contribution in [3.8, 4) is 5.75 Å². The number of hydrogen-bond acceptors (Lipinski definition) is 8. The summed E-state index contributed by atoms with van der Waals surface area (Å²) in [5.74, 6) is -2.46. The quantitative estimate of drug-likeness (QED) is 0.510. The molecule has 8 heteroatoms. The van der Waals surface area contributed by atoms with E-state index in [-0.39, 0.29) is 12.2 Å². The summed E-state index contributed by atoms with van der Waals surface area (Å²) in [4.78, 5) is 24.1. The van der Waals surface area contributed by atoms with Crippen LogP contribution in [0.15, 0.2) is 24.3 Å². The molecule has 1 unspecified atom stereocenters. The lowest BCUT2D eigenvalue weighted by atomic mass is 9.77. The number of phenols is 1. The Hall–Kier alpha value is -2.16. The molecule has 4 N–H and O–H groups in total. The van der Waals surface area contributed by atoms with Crippen LogP contribution in [0.3, 0.4) is 0 Å². The molecule has 0 aromatic heterocycles. The number of carbonyl (C=O) groups is 2. The fourth-order valence-electron chi connectivity index (χ4n) is 3.18. The zero-order chi connectivity index (χ0) is 16.8. The predicted molar refractivity (Wildman–Crippen MR) is 73.3 cm³/mol. The number of cyclic esters (lactones) is 1. The van der Waals surface area contributed by atoms with Crippen LogP contribution >= 0.6 is 0 Å². The number of rotatable bonds is 3. The normalized spacial score (nSPS) is 34.5. The van der Waals surface area contributed by atoms with Gasteiger partial charge in [-0.05, 0) is 17.7 Å². The first-order valence-corrected chi connectivity index (χ1v) is 7.09. The zero-order valence-electron chi connectivity index (χ0n) is 12.0. The Balaban J connectivity index is 2.02. The molecule has 2 fully saturated rings. The fraction of sp³-hybridized carbons (Fsp3) is 0.467. The summed E-state index contributed by atoms with van der Waals surface area (Å²) >= 11 is 0. The van der Waals surface area contributed by atoms with Gasteiger partial charge in [0, 0.05) is 5.92 Å². The van der Waals surface area contributed by atoms with Crippen molar-refractivity contribution in [2.45, 2.75) is 36.3 Å². The lowest BCUT2D eigenvalue weighted by molar-refractivity contribution is -0.169. The first kappa shape index (κ1) is 15.7. The largest absolute Gasteiger partial charge is 0.508 e. The summed E-state index contributed by atoms with van der Waals surface area (Å²) in [6.45, 7) is -0.719. The van der Waals surface area contributed by atoms with Crippen molar-refractivity contribution >= 4 is 11.9 Å². The average molecular weight is 324 g/mol. The second-order valence-corrected chi connectivity index (χ2v) is 5.68. The van der Waals surface area contributed by atoms with E-state index in [1.807, 2.05) is 0 Å². The number of benzene rings is 1. The van der Waals surface area contributed by atoms with Gasteiger partial charge in [-0.3, -0.25) is 4.79 Å². The Labute approximate surface area is 130 Å². The zero-order valence-corrected chi connectivity index (χ0v) is 12.0. The van der Waals surface area contributed by atoms with Crippen molar-refractivity contribution < 1.29 is 39.5 Å². The first-order chi connectivity index (χ1) is 10.9. The fourth-order valence-corrected chi connectivity index (χ4v) is 3.18. The van der Waals surface area contributed by atoms with Crippen molar-refractivity contribution in [3.63, 3.8) is 0 Å². The summed E-state index contributed by atoms with van der Waals surface area (Å²) in [5, 5.41) is 38.5. The van der Waals surface area contributed by atoms with Crippen LogP contribution in [0.25, 0.3) is 0 Å². The number of esters is 2. The maximum atomic E-state index is 12.3. The van der Waals surface area contributed by atoms with Gasteiger partial charge in [-0.1, -0.05) is 12.1 Å². The molecule has 0 amide bonds. The summed E-state index contributed by atoms with van der Waals surface area (Å²) in [5.41, 5.74) is -1.46. The number of ether oxygens (including phenoxy) is 2. The van der Waals surface area contributed by atoms with Crippen molar-refractivity contribution in [2.24, 2.45) is 0 Å². The molecule has 124 valence electrons. The second kappa shape index (κ2) is 5.48. The van der Waals surface area contributed by atoms with E-state index in [1.54, 1.807) is 0 Å². The third-order valence-electron chi connectivity index (χ3n) is 4.35. The molecule has 3 rings (SSSR count). The van der Waals surface area contributed by atoms with Crippen LogP contribution in [-0.2, 0) is 19.1 Å². The molecule has 2 heterocycles. The number of aliphatic hydroxyl groups is 3. The Morgan fingerprint density at radius 1 is 1.26 bits per heavy atom. The van der Waals surface area contributed by atoms with Crippen LogP contribution in [0.5, 0.6) is 5.75 Å². The highest BCUT2D eigenvalue weighted by Crippen LogP contribution is 2.48. The van der Waals surface area contributed by atoms with Crippen molar-refractivity contribution in [3.05, 3.63) is 29.8 Å². The average Bonchev–Trinajstić information content (AvgIpc) is 3.01. The van der Waals surface area contributed by atoms with Crippen LogP contribution in [0.2, 0.25) is 0 Å². The first-order valence-electron chi connectivity index (χ1n) is 7.09. The standard InChI is InChI=1S/C15H16O8/c16-6-10(18)12-13(20)15(14(21)22-12)9(5-11(19)23-15)7-1-3-8(17)4-2-7/h1-4,9-10,12-13,16-18,20H,5-6H2/t9-,10-,12+,13+,15?/m0/s1. The highest BCUT2D eigenvalue weighted by molar-refractivity contribution is 5.91. The Bertz CT molecular complexity index is 627. The maximum absolute atomic E-state index is 12.3. The van der Waals surface area contributed by atoms with Gasteiger partial charge in [0.2, 0.25) is 5.60 Å². The van der Waals surface area contributed by atoms with Gasteiger partial charge in [0.25, 0.3) is 0 Å². The number of hydrogen-bond donors (Lipinski definition) is 4. The van der Waals surface area contributed by atoms with Gasteiger partial charge in [-0.15, -0.1) is 0 Å². The molecule has 0 aliphatic carbocycles. The minimum absolute atomic E-state index is 0.0103. The molecule has 0 bridgehead atoms. The monoisotopic (exact) mass is 324 g/mol. The highest BCUT2D eigenvalue weighted by Gasteiger charge is 2.69. The summed E-state index contributed by atoms with van der Waals surface area (Å²) in [6, 6.07) is 5.80. The van der Waals surface area contributed by atoms with Crippen LogP contribution < -0.4 is 0 Å². The summed E-state index contributed by atoms with van der Waals surface area (Å²) in [6.07, 6.45) is -4.66. The lowest BCUT2D eigenvalue weighted by Crippen LogP contribution is -2.52. The summed E-state index contributed by atoms with van der Waals surface area (Å²) in [7, 11) is 0. The molecule has 1 aromatic carbocycles. The van der Waals surface area contributed by atoms with Gasteiger partial charge >= 0.3 is 11.9 Å². The molecule has 1 aromatic rings. The smallest absolute Gasteiger partial charge is 0.354 e. The predicted octanol–water partition coefficient (Wildman–Crippen LogP) is -1.20. The van der Waals surface area contributed by atoms with Gasteiger partial charge in [0.15, 0.2) is 6.10 Å². The third kappa shape index (κ3) is 2.26. The Morgan fingerprint density at radius 3 is 2.52 bits per heavy atom. The van der Waals surface area contributed by atoms with Gasteiger partial charge < -0.3 is 29.9 Å².